The van der Waals surface area contributed by atoms with Crippen molar-refractivity contribution in [1.29, 1.82) is 0 Å². The van der Waals surface area contributed by atoms with Crippen molar-refractivity contribution in [2.75, 3.05) is 0 Å². The number of hydrogen-bond acceptors (Lipinski definition) is 0. The Morgan fingerprint density at radius 2 is 1.33 bits per heavy atom. The zero-order valence-corrected chi connectivity index (χ0v) is 14.0. The Labute approximate surface area is 128 Å². The number of benzene rings is 2. The molecule has 2 aromatic carbocycles. The highest BCUT2D eigenvalue weighted by molar-refractivity contribution is 5.87. The number of fused-ring (bicyclic) bond motifs is 1. The first kappa shape index (κ1) is 14.1. The molecule has 1 aliphatic carbocycles. The normalized spacial score (nSPS) is 13.3. The largest absolute Gasteiger partial charge is 0.0683 e. The highest BCUT2D eigenvalue weighted by atomic mass is 14.3. The smallest absolute Gasteiger partial charge is 0.00576 e. The molecule has 0 aliphatic heterocycles. The maximum Gasteiger partial charge on any atom is -0.00576 e. The Morgan fingerprint density at radius 1 is 0.714 bits per heavy atom. The van der Waals surface area contributed by atoms with Gasteiger partial charge in [0.15, 0.2) is 0 Å². The molecular weight excluding hydrogens is 252 g/mol. The Hall–Kier alpha value is -1.82. The van der Waals surface area contributed by atoms with Gasteiger partial charge in [0.25, 0.3) is 0 Å². The van der Waals surface area contributed by atoms with Crippen LogP contribution in [0.3, 0.4) is 0 Å². The standard InChI is InChI=1S/C21H24/c1-12-10-18-16(5)15(4)17(6)21(19(18)11-12)20-13(2)8-7-9-14(20)3/h7-9,11H,10H2,1-6H3. The van der Waals surface area contributed by atoms with Crippen molar-refractivity contribution in [3.63, 3.8) is 0 Å². The lowest BCUT2D eigenvalue weighted by Gasteiger charge is -2.21. The quantitative estimate of drug-likeness (QED) is 0.612. The lowest BCUT2D eigenvalue weighted by molar-refractivity contribution is 1.13. The Morgan fingerprint density at radius 3 is 1.95 bits per heavy atom. The van der Waals surface area contributed by atoms with Gasteiger partial charge < -0.3 is 0 Å². The second-order valence-electron chi connectivity index (χ2n) is 6.58. The SMILES string of the molecule is CC1=Cc2c(c(C)c(C)c(C)c2-c2c(C)cccc2C)C1. The highest BCUT2D eigenvalue weighted by Crippen LogP contribution is 2.42. The summed E-state index contributed by atoms with van der Waals surface area (Å²) in [5, 5.41) is 0. The van der Waals surface area contributed by atoms with Gasteiger partial charge in [-0.1, -0.05) is 29.8 Å². The van der Waals surface area contributed by atoms with Gasteiger partial charge in [-0.05, 0) is 98.0 Å². The van der Waals surface area contributed by atoms with Crippen molar-refractivity contribution in [2.24, 2.45) is 0 Å². The van der Waals surface area contributed by atoms with E-state index in [0.29, 0.717) is 0 Å². The van der Waals surface area contributed by atoms with Crippen LogP contribution in [0, 0.1) is 34.6 Å². The molecule has 0 heteroatoms. The molecule has 0 fully saturated rings. The van der Waals surface area contributed by atoms with Crippen molar-refractivity contribution >= 4 is 6.08 Å². The fraction of sp³-hybridized carbons (Fsp3) is 0.333. The van der Waals surface area contributed by atoms with Crippen LogP contribution in [-0.4, -0.2) is 0 Å². The number of allylic oxidation sites excluding steroid dienone is 1. The number of rotatable bonds is 1. The Bertz CT molecular complexity index is 753. The molecule has 0 unspecified atom stereocenters. The van der Waals surface area contributed by atoms with Gasteiger partial charge >= 0.3 is 0 Å². The fourth-order valence-corrected chi connectivity index (χ4v) is 3.74. The van der Waals surface area contributed by atoms with Crippen LogP contribution in [-0.2, 0) is 6.42 Å². The van der Waals surface area contributed by atoms with Gasteiger partial charge in [-0.25, -0.2) is 0 Å². The third kappa shape index (κ3) is 2.05. The molecular formula is C21H24. The minimum Gasteiger partial charge on any atom is -0.0683 e. The van der Waals surface area contributed by atoms with Gasteiger partial charge in [0.05, 0.1) is 0 Å². The summed E-state index contributed by atoms with van der Waals surface area (Å²) in [6, 6.07) is 6.62. The fourth-order valence-electron chi connectivity index (χ4n) is 3.74. The van der Waals surface area contributed by atoms with Crippen molar-refractivity contribution in [1.82, 2.24) is 0 Å². The van der Waals surface area contributed by atoms with Crippen LogP contribution in [0.4, 0.5) is 0 Å². The van der Waals surface area contributed by atoms with Crippen LogP contribution >= 0.6 is 0 Å². The Balaban J connectivity index is 2.44. The van der Waals surface area contributed by atoms with Gasteiger partial charge in [0.2, 0.25) is 0 Å². The molecule has 2 aromatic rings. The summed E-state index contributed by atoms with van der Waals surface area (Å²) in [6.45, 7) is 13.5. The second-order valence-corrected chi connectivity index (χ2v) is 6.58. The maximum absolute atomic E-state index is 2.40. The summed E-state index contributed by atoms with van der Waals surface area (Å²) in [7, 11) is 0. The molecule has 0 nitrogen and oxygen atoms in total. The van der Waals surface area contributed by atoms with Crippen LogP contribution in [0.15, 0.2) is 23.8 Å². The van der Waals surface area contributed by atoms with Crippen LogP contribution < -0.4 is 0 Å². The first-order valence-corrected chi connectivity index (χ1v) is 7.78. The van der Waals surface area contributed by atoms with Crippen molar-refractivity contribution < 1.29 is 0 Å². The molecule has 0 bridgehead atoms. The molecule has 108 valence electrons. The van der Waals surface area contributed by atoms with E-state index >= 15 is 0 Å². The van der Waals surface area contributed by atoms with E-state index in [0.717, 1.165) is 6.42 Å². The van der Waals surface area contributed by atoms with E-state index in [9.17, 15) is 0 Å². The summed E-state index contributed by atoms with van der Waals surface area (Å²) in [4.78, 5) is 0. The first-order chi connectivity index (χ1) is 9.91. The van der Waals surface area contributed by atoms with Gasteiger partial charge in [0.1, 0.15) is 0 Å². The van der Waals surface area contributed by atoms with Crippen molar-refractivity contribution in [3.05, 3.63) is 62.7 Å². The molecule has 0 aromatic heterocycles. The molecule has 21 heavy (non-hydrogen) atoms. The zero-order chi connectivity index (χ0) is 15.3. The average Bonchev–Trinajstić information content (AvgIpc) is 2.81. The lowest BCUT2D eigenvalue weighted by atomic mass is 9.83. The van der Waals surface area contributed by atoms with Crippen molar-refractivity contribution in [3.8, 4) is 11.1 Å². The first-order valence-electron chi connectivity index (χ1n) is 7.78. The van der Waals surface area contributed by atoms with E-state index in [1.54, 1.807) is 0 Å². The molecule has 0 heterocycles. The third-order valence-electron chi connectivity index (χ3n) is 5.12. The molecule has 1 aliphatic rings. The van der Waals surface area contributed by atoms with Crippen LogP contribution in [0.5, 0.6) is 0 Å². The van der Waals surface area contributed by atoms with E-state index < -0.39 is 0 Å². The van der Waals surface area contributed by atoms with E-state index in [-0.39, 0.29) is 0 Å². The minimum atomic E-state index is 1.11. The van der Waals surface area contributed by atoms with Gasteiger partial charge in [-0.2, -0.15) is 0 Å². The van der Waals surface area contributed by atoms with Crippen molar-refractivity contribution in [2.45, 2.75) is 48.0 Å². The molecule has 0 saturated carbocycles. The number of aryl methyl sites for hydroxylation is 2. The van der Waals surface area contributed by atoms with Crippen LogP contribution in [0.2, 0.25) is 0 Å². The maximum atomic E-state index is 2.40. The number of hydrogen-bond donors (Lipinski definition) is 0. The summed E-state index contributed by atoms with van der Waals surface area (Å²) < 4.78 is 0. The molecule has 0 amide bonds. The molecule has 0 saturated heterocycles. The van der Waals surface area contributed by atoms with E-state index in [4.69, 9.17) is 0 Å². The summed E-state index contributed by atoms with van der Waals surface area (Å²) in [6.07, 6.45) is 3.51. The summed E-state index contributed by atoms with van der Waals surface area (Å²) >= 11 is 0. The van der Waals surface area contributed by atoms with Gasteiger partial charge in [-0.3, -0.25) is 0 Å². The molecule has 3 rings (SSSR count). The molecule has 0 spiro atoms. The minimum absolute atomic E-state index is 1.11. The van der Waals surface area contributed by atoms with Gasteiger partial charge in [-0.15, -0.1) is 0 Å². The van der Waals surface area contributed by atoms with E-state index in [1.807, 2.05) is 0 Å². The Kier molecular flexibility index (Phi) is 3.28. The highest BCUT2D eigenvalue weighted by Gasteiger charge is 2.22. The predicted molar refractivity (Wildman–Crippen MR) is 92.9 cm³/mol. The van der Waals surface area contributed by atoms with E-state index in [2.05, 4.69) is 65.8 Å². The average molecular weight is 276 g/mol. The molecule has 0 atom stereocenters. The van der Waals surface area contributed by atoms with Crippen LogP contribution in [0.1, 0.15) is 45.9 Å². The topological polar surface area (TPSA) is 0 Å². The predicted octanol–water partition coefficient (Wildman–Crippen LogP) is 5.86. The second kappa shape index (κ2) is 4.87. The zero-order valence-electron chi connectivity index (χ0n) is 14.0. The molecule has 0 radical (unpaired) electrons. The summed E-state index contributed by atoms with van der Waals surface area (Å²) in [5.74, 6) is 0. The molecule has 0 N–H and O–H groups in total. The monoisotopic (exact) mass is 276 g/mol. The van der Waals surface area contributed by atoms with Crippen LogP contribution in [0.25, 0.3) is 17.2 Å². The van der Waals surface area contributed by atoms with Gasteiger partial charge in [0, 0.05) is 0 Å². The lowest BCUT2D eigenvalue weighted by Crippen LogP contribution is -2.02. The van der Waals surface area contributed by atoms with E-state index in [1.165, 1.54) is 55.6 Å². The summed E-state index contributed by atoms with van der Waals surface area (Å²) in [5.41, 5.74) is 14.5. The third-order valence-corrected chi connectivity index (χ3v) is 5.12.